The second-order valence-corrected chi connectivity index (χ2v) is 5.19. The number of nitrogens with zero attached hydrogens (tertiary/aromatic N) is 1. The molecule has 1 heterocycles. The van der Waals surface area contributed by atoms with Gasteiger partial charge in [-0.05, 0) is 30.7 Å². The summed E-state index contributed by atoms with van der Waals surface area (Å²) in [5.74, 6) is -0.269. The monoisotopic (exact) mass is 295 g/mol. The number of aromatic nitrogens is 1. The first kappa shape index (κ1) is 14.3. The van der Waals surface area contributed by atoms with E-state index in [1.807, 2.05) is 30.3 Å². The first-order valence-corrected chi connectivity index (χ1v) is 7.39. The number of benzene rings is 2. The number of unbranched alkanes of at least 4 members (excludes halogenated alkanes) is 1. The predicted molar refractivity (Wildman–Crippen MR) is 86.6 cm³/mol. The van der Waals surface area contributed by atoms with Gasteiger partial charge < -0.3 is 9.84 Å². The van der Waals surface area contributed by atoms with E-state index in [4.69, 9.17) is 4.74 Å². The molecule has 3 aromatic rings. The number of carbonyl (C=O) groups is 1. The highest BCUT2D eigenvalue weighted by atomic mass is 16.5. The van der Waals surface area contributed by atoms with Crippen molar-refractivity contribution in [2.75, 3.05) is 6.61 Å². The standard InChI is InChI=1S/C18H17NO3/c1-2-3-10-22-12-8-9-16-14(11-12)17(18(20)21)13-6-4-5-7-15(13)19-16/h4-9,11H,2-3,10H2,1H3,(H,20,21). The van der Waals surface area contributed by atoms with Crippen molar-refractivity contribution in [2.45, 2.75) is 19.8 Å². The van der Waals surface area contributed by atoms with E-state index in [2.05, 4.69) is 11.9 Å². The van der Waals surface area contributed by atoms with E-state index < -0.39 is 5.97 Å². The van der Waals surface area contributed by atoms with E-state index >= 15 is 0 Å². The fraction of sp³-hybridized carbons (Fsp3) is 0.222. The number of fused-ring (bicyclic) bond motifs is 2. The zero-order valence-corrected chi connectivity index (χ0v) is 12.4. The zero-order chi connectivity index (χ0) is 15.5. The van der Waals surface area contributed by atoms with E-state index in [9.17, 15) is 9.90 Å². The van der Waals surface area contributed by atoms with Crippen molar-refractivity contribution in [1.29, 1.82) is 0 Å². The maximum atomic E-state index is 11.7. The van der Waals surface area contributed by atoms with Crippen LogP contribution >= 0.6 is 0 Å². The van der Waals surface area contributed by atoms with Gasteiger partial charge in [-0.15, -0.1) is 0 Å². The SMILES string of the molecule is CCCCOc1ccc2nc3ccccc3c(C(=O)O)c2c1. The van der Waals surface area contributed by atoms with Gasteiger partial charge in [0.1, 0.15) is 5.75 Å². The third-order valence-electron chi connectivity index (χ3n) is 3.63. The molecule has 0 spiro atoms. The van der Waals surface area contributed by atoms with Crippen molar-refractivity contribution in [1.82, 2.24) is 4.98 Å². The van der Waals surface area contributed by atoms with Crippen LogP contribution < -0.4 is 4.74 Å². The highest BCUT2D eigenvalue weighted by Crippen LogP contribution is 2.29. The average Bonchev–Trinajstić information content (AvgIpc) is 2.52. The average molecular weight is 295 g/mol. The van der Waals surface area contributed by atoms with Crippen LogP contribution in [0.4, 0.5) is 0 Å². The lowest BCUT2D eigenvalue weighted by atomic mass is 10.0. The number of carboxylic acids is 1. The van der Waals surface area contributed by atoms with Crippen LogP contribution in [0.2, 0.25) is 0 Å². The molecule has 1 aromatic heterocycles. The molecular weight excluding hydrogens is 278 g/mol. The third kappa shape index (κ3) is 2.60. The first-order valence-electron chi connectivity index (χ1n) is 7.39. The molecular formula is C18H17NO3. The molecule has 0 atom stereocenters. The highest BCUT2D eigenvalue weighted by Gasteiger charge is 2.15. The van der Waals surface area contributed by atoms with Gasteiger partial charge in [0.2, 0.25) is 0 Å². The number of hydrogen-bond donors (Lipinski definition) is 1. The van der Waals surface area contributed by atoms with Gasteiger partial charge in [-0.1, -0.05) is 31.5 Å². The Labute approximate surface area is 128 Å². The Balaban J connectivity index is 2.19. The lowest BCUT2D eigenvalue weighted by Crippen LogP contribution is -2.02. The van der Waals surface area contributed by atoms with Gasteiger partial charge in [0.15, 0.2) is 0 Å². The van der Waals surface area contributed by atoms with Gasteiger partial charge in [-0.2, -0.15) is 0 Å². The maximum Gasteiger partial charge on any atom is 0.337 e. The summed E-state index contributed by atoms with van der Waals surface area (Å²) in [6.45, 7) is 2.73. The molecule has 0 unspecified atom stereocenters. The topological polar surface area (TPSA) is 59.4 Å². The molecule has 112 valence electrons. The van der Waals surface area contributed by atoms with E-state index in [0.717, 1.165) is 12.8 Å². The fourth-order valence-electron chi connectivity index (χ4n) is 2.52. The van der Waals surface area contributed by atoms with Crippen LogP contribution in [-0.4, -0.2) is 22.7 Å². The smallest absolute Gasteiger partial charge is 0.337 e. The van der Waals surface area contributed by atoms with Crippen molar-refractivity contribution < 1.29 is 14.6 Å². The van der Waals surface area contributed by atoms with Gasteiger partial charge in [0.05, 0.1) is 23.2 Å². The van der Waals surface area contributed by atoms with E-state index in [1.165, 1.54) is 0 Å². The summed E-state index contributed by atoms with van der Waals surface area (Å²) in [5, 5.41) is 10.9. The number of ether oxygens (including phenoxy) is 1. The van der Waals surface area contributed by atoms with Gasteiger partial charge in [0, 0.05) is 10.8 Å². The number of aromatic carboxylic acids is 1. The van der Waals surface area contributed by atoms with Crippen molar-refractivity contribution >= 4 is 27.8 Å². The lowest BCUT2D eigenvalue weighted by molar-refractivity contribution is 0.0701. The summed E-state index contributed by atoms with van der Waals surface area (Å²) < 4.78 is 5.68. The van der Waals surface area contributed by atoms with Crippen molar-refractivity contribution in [2.24, 2.45) is 0 Å². The summed E-state index contributed by atoms with van der Waals surface area (Å²) in [7, 11) is 0. The maximum absolute atomic E-state index is 11.7. The molecule has 0 bridgehead atoms. The fourth-order valence-corrected chi connectivity index (χ4v) is 2.52. The van der Waals surface area contributed by atoms with Gasteiger partial charge in [-0.3, -0.25) is 0 Å². The Morgan fingerprint density at radius 1 is 1.14 bits per heavy atom. The minimum Gasteiger partial charge on any atom is -0.494 e. The minimum atomic E-state index is -0.950. The Morgan fingerprint density at radius 3 is 2.68 bits per heavy atom. The summed E-state index contributed by atoms with van der Waals surface area (Å²) in [6, 6.07) is 12.7. The van der Waals surface area contributed by atoms with Gasteiger partial charge in [-0.25, -0.2) is 9.78 Å². The van der Waals surface area contributed by atoms with Crippen LogP contribution in [0.15, 0.2) is 42.5 Å². The number of pyridine rings is 1. The summed E-state index contributed by atoms with van der Waals surface area (Å²) >= 11 is 0. The van der Waals surface area contributed by atoms with Crippen LogP contribution in [-0.2, 0) is 0 Å². The Morgan fingerprint density at radius 2 is 1.91 bits per heavy atom. The number of hydrogen-bond acceptors (Lipinski definition) is 3. The molecule has 2 aromatic carbocycles. The summed E-state index contributed by atoms with van der Waals surface area (Å²) in [5.41, 5.74) is 1.63. The molecule has 3 rings (SSSR count). The largest absolute Gasteiger partial charge is 0.494 e. The molecule has 0 radical (unpaired) electrons. The molecule has 0 fully saturated rings. The molecule has 1 N–H and O–H groups in total. The van der Waals surface area contributed by atoms with Crippen LogP contribution in [0.25, 0.3) is 21.8 Å². The molecule has 0 aliphatic heterocycles. The van der Waals surface area contributed by atoms with Crippen molar-refractivity contribution in [3.63, 3.8) is 0 Å². The molecule has 0 saturated heterocycles. The van der Waals surface area contributed by atoms with Crippen molar-refractivity contribution in [3.05, 3.63) is 48.0 Å². The lowest BCUT2D eigenvalue weighted by Gasteiger charge is -2.10. The molecule has 0 amide bonds. The minimum absolute atomic E-state index is 0.279. The molecule has 0 saturated carbocycles. The molecule has 0 aliphatic rings. The second kappa shape index (κ2) is 6.02. The summed E-state index contributed by atoms with van der Waals surface area (Å²) in [4.78, 5) is 16.3. The highest BCUT2D eigenvalue weighted by molar-refractivity contribution is 6.13. The third-order valence-corrected chi connectivity index (χ3v) is 3.63. The first-order chi connectivity index (χ1) is 10.7. The quantitative estimate of drug-likeness (QED) is 0.564. The van der Waals surface area contributed by atoms with Crippen LogP contribution in [0.3, 0.4) is 0 Å². The zero-order valence-electron chi connectivity index (χ0n) is 12.4. The summed E-state index contributed by atoms with van der Waals surface area (Å²) in [6.07, 6.45) is 2.03. The Hall–Kier alpha value is -2.62. The Bertz CT molecular complexity index is 842. The van der Waals surface area contributed by atoms with Crippen LogP contribution in [0.5, 0.6) is 5.75 Å². The predicted octanol–water partition coefficient (Wildman–Crippen LogP) is 4.27. The van der Waals surface area contributed by atoms with Crippen LogP contribution in [0, 0.1) is 0 Å². The van der Waals surface area contributed by atoms with Gasteiger partial charge in [0.25, 0.3) is 0 Å². The van der Waals surface area contributed by atoms with Crippen molar-refractivity contribution in [3.8, 4) is 5.75 Å². The van der Waals surface area contributed by atoms with E-state index in [-0.39, 0.29) is 5.56 Å². The number of para-hydroxylation sites is 1. The van der Waals surface area contributed by atoms with E-state index in [1.54, 1.807) is 12.1 Å². The van der Waals surface area contributed by atoms with Crippen LogP contribution in [0.1, 0.15) is 30.1 Å². The number of carboxylic acid groups (broad SMARTS) is 1. The normalized spacial score (nSPS) is 11.0. The molecule has 22 heavy (non-hydrogen) atoms. The van der Waals surface area contributed by atoms with Gasteiger partial charge >= 0.3 is 5.97 Å². The molecule has 0 aliphatic carbocycles. The van der Waals surface area contributed by atoms with E-state index in [0.29, 0.717) is 34.2 Å². The Kier molecular flexibility index (Phi) is 3.92. The number of rotatable bonds is 5. The molecule has 4 nitrogen and oxygen atoms in total. The second-order valence-electron chi connectivity index (χ2n) is 5.19. The molecule has 4 heteroatoms.